The van der Waals surface area contributed by atoms with E-state index in [1.807, 2.05) is 39.8 Å². The lowest BCUT2D eigenvalue weighted by Gasteiger charge is -2.11. The SMILES string of the molecule is CCn1ncc(C(=O)c2cc(C)cc(C)c2C)c1OC(=O)OC. The first-order valence-corrected chi connectivity index (χ1v) is 7.33. The Morgan fingerprint density at radius 2 is 1.87 bits per heavy atom. The molecule has 0 unspecified atom stereocenters. The van der Waals surface area contributed by atoms with Gasteiger partial charge in [0.25, 0.3) is 0 Å². The van der Waals surface area contributed by atoms with E-state index in [2.05, 4.69) is 9.84 Å². The minimum Gasteiger partial charge on any atom is -0.437 e. The Balaban J connectivity index is 2.52. The highest BCUT2D eigenvalue weighted by Gasteiger charge is 2.24. The van der Waals surface area contributed by atoms with E-state index >= 15 is 0 Å². The van der Waals surface area contributed by atoms with Crippen molar-refractivity contribution in [3.63, 3.8) is 0 Å². The van der Waals surface area contributed by atoms with E-state index in [0.717, 1.165) is 16.7 Å². The third kappa shape index (κ3) is 3.26. The van der Waals surface area contributed by atoms with Gasteiger partial charge in [0, 0.05) is 12.1 Å². The van der Waals surface area contributed by atoms with Crippen molar-refractivity contribution >= 4 is 11.9 Å². The van der Waals surface area contributed by atoms with Crippen molar-refractivity contribution in [1.29, 1.82) is 0 Å². The number of aryl methyl sites for hydroxylation is 3. The Kier molecular flexibility index (Phi) is 4.83. The summed E-state index contributed by atoms with van der Waals surface area (Å²) in [7, 11) is 1.21. The molecule has 1 aromatic carbocycles. The molecule has 6 heteroatoms. The molecule has 0 fully saturated rings. The van der Waals surface area contributed by atoms with Crippen molar-refractivity contribution in [3.05, 3.63) is 46.1 Å². The van der Waals surface area contributed by atoms with Crippen molar-refractivity contribution in [2.45, 2.75) is 34.2 Å². The van der Waals surface area contributed by atoms with Crippen LogP contribution in [-0.4, -0.2) is 28.8 Å². The van der Waals surface area contributed by atoms with E-state index in [9.17, 15) is 9.59 Å². The summed E-state index contributed by atoms with van der Waals surface area (Å²) in [6.45, 7) is 8.09. The first-order chi connectivity index (χ1) is 10.9. The summed E-state index contributed by atoms with van der Waals surface area (Å²) in [6, 6.07) is 3.85. The smallest absolute Gasteiger partial charge is 0.437 e. The van der Waals surface area contributed by atoms with E-state index < -0.39 is 6.16 Å². The van der Waals surface area contributed by atoms with Gasteiger partial charge in [-0.05, 0) is 44.9 Å². The second-order valence-corrected chi connectivity index (χ2v) is 5.32. The highest BCUT2D eigenvalue weighted by molar-refractivity contribution is 6.11. The van der Waals surface area contributed by atoms with Gasteiger partial charge in [0.2, 0.25) is 5.88 Å². The van der Waals surface area contributed by atoms with Crippen LogP contribution in [0.3, 0.4) is 0 Å². The maximum atomic E-state index is 12.9. The number of carbonyl (C=O) groups excluding carboxylic acids is 2. The zero-order valence-corrected chi connectivity index (χ0v) is 14.0. The van der Waals surface area contributed by atoms with Crippen molar-refractivity contribution in [2.75, 3.05) is 7.11 Å². The van der Waals surface area contributed by atoms with E-state index in [0.29, 0.717) is 12.1 Å². The molecule has 23 heavy (non-hydrogen) atoms. The zero-order valence-electron chi connectivity index (χ0n) is 14.0. The summed E-state index contributed by atoms with van der Waals surface area (Å²) in [5, 5.41) is 4.11. The van der Waals surface area contributed by atoms with E-state index in [1.165, 1.54) is 18.0 Å². The average molecular weight is 316 g/mol. The van der Waals surface area contributed by atoms with E-state index in [-0.39, 0.29) is 17.2 Å². The van der Waals surface area contributed by atoms with Crippen LogP contribution in [-0.2, 0) is 11.3 Å². The third-order valence-electron chi connectivity index (χ3n) is 3.74. The molecule has 0 bridgehead atoms. The standard InChI is InChI=1S/C17H20N2O4/c1-6-19-16(23-17(21)22-5)14(9-18-19)15(20)13-8-10(2)7-11(3)12(13)4/h7-9H,6H2,1-5H3. The molecule has 2 aromatic rings. The first-order valence-electron chi connectivity index (χ1n) is 7.33. The first kappa shape index (κ1) is 16.7. The Hall–Kier alpha value is -2.63. The molecule has 0 N–H and O–H groups in total. The van der Waals surface area contributed by atoms with Crippen LogP contribution < -0.4 is 4.74 Å². The van der Waals surface area contributed by atoms with Gasteiger partial charge < -0.3 is 9.47 Å². The molecule has 0 aliphatic rings. The molecule has 0 aliphatic heterocycles. The zero-order chi connectivity index (χ0) is 17.1. The maximum Gasteiger partial charge on any atom is 0.514 e. The van der Waals surface area contributed by atoms with E-state index in [4.69, 9.17) is 4.74 Å². The number of aromatic nitrogens is 2. The highest BCUT2D eigenvalue weighted by Crippen LogP contribution is 2.25. The van der Waals surface area contributed by atoms with Gasteiger partial charge >= 0.3 is 6.16 Å². The number of ether oxygens (including phenoxy) is 2. The van der Waals surface area contributed by atoms with Gasteiger partial charge in [0.15, 0.2) is 5.78 Å². The number of carbonyl (C=O) groups is 2. The Labute approximate surface area is 135 Å². The molecule has 0 aliphatic carbocycles. The molecule has 0 amide bonds. The van der Waals surface area contributed by atoms with Crippen LogP contribution in [0, 0.1) is 20.8 Å². The summed E-state index contributed by atoms with van der Waals surface area (Å²) >= 11 is 0. The van der Waals surface area contributed by atoms with Gasteiger partial charge in [-0.25, -0.2) is 9.48 Å². The number of nitrogens with zero attached hydrogens (tertiary/aromatic N) is 2. The van der Waals surface area contributed by atoms with Crippen molar-refractivity contribution < 1.29 is 19.1 Å². The van der Waals surface area contributed by atoms with Gasteiger partial charge in [-0.3, -0.25) is 4.79 Å². The molecule has 0 saturated carbocycles. The fraction of sp³-hybridized carbons (Fsp3) is 0.353. The van der Waals surface area contributed by atoms with Crippen LogP contribution in [0.25, 0.3) is 0 Å². The molecule has 0 spiro atoms. The molecular formula is C17H20N2O4. The Bertz CT molecular complexity index is 762. The quantitative estimate of drug-likeness (QED) is 0.640. The topological polar surface area (TPSA) is 70.4 Å². The van der Waals surface area contributed by atoms with Crippen LogP contribution in [0.1, 0.15) is 39.5 Å². The molecule has 0 saturated heterocycles. The van der Waals surface area contributed by atoms with Crippen molar-refractivity contribution in [2.24, 2.45) is 0 Å². The molecule has 1 heterocycles. The summed E-state index contributed by atoms with van der Waals surface area (Å²) in [6.07, 6.45) is 0.535. The fourth-order valence-electron chi connectivity index (χ4n) is 2.40. The monoisotopic (exact) mass is 316 g/mol. The largest absolute Gasteiger partial charge is 0.514 e. The van der Waals surface area contributed by atoms with Gasteiger partial charge in [0.1, 0.15) is 5.56 Å². The molecular weight excluding hydrogens is 296 g/mol. The minimum atomic E-state index is -0.883. The second-order valence-electron chi connectivity index (χ2n) is 5.32. The molecule has 6 nitrogen and oxygen atoms in total. The maximum absolute atomic E-state index is 12.9. The highest BCUT2D eigenvalue weighted by atomic mass is 16.7. The predicted octanol–water partition coefficient (Wildman–Crippen LogP) is 3.20. The number of ketones is 1. The van der Waals surface area contributed by atoms with Crippen LogP contribution in [0.4, 0.5) is 4.79 Å². The van der Waals surface area contributed by atoms with Gasteiger partial charge in [-0.15, -0.1) is 0 Å². The summed E-state index contributed by atoms with van der Waals surface area (Å²) in [5.74, 6) is -0.129. The van der Waals surface area contributed by atoms with Gasteiger partial charge in [0.05, 0.1) is 13.3 Å². The van der Waals surface area contributed by atoms with Crippen molar-refractivity contribution in [1.82, 2.24) is 9.78 Å². The van der Waals surface area contributed by atoms with Crippen LogP contribution in [0.15, 0.2) is 18.3 Å². The molecule has 0 radical (unpaired) electrons. The number of methoxy groups -OCH3 is 1. The lowest BCUT2D eigenvalue weighted by Crippen LogP contribution is -2.14. The Morgan fingerprint density at radius 1 is 1.17 bits per heavy atom. The van der Waals surface area contributed by atoms with Crippen LogP contribution in [0.2, 0.25) is 0 Å². The van der Waals surface area contributed by atoms with E-state index in [1.54, 1.807) is 0 Å². The van der Waals surface area contributed by atoms with Crippen LogP contribution >= 0.6 is 0 Å². The normalized spacial score (nSPS) is 10.5. The minimum absolute atomic E-state index is 0.0999. The molecule has 122 valence electrons. The predicted molar refractivity (Wildman–Crippen MR) is 85.0 cm³/mol. The average Bonchev–Trinajstić information content (AvgIpc) is 2.92. The van der Waals surface area contributed by atoms with Gasteiger partial charge in [-0.1, -0.05) is 11.6 Å². The summed E-state index contributed by atoms with van der Waals surface area (Å²) < 4.78 is 11.1. The lowest BCUT2D eigenvalue weighted by molar-refractivity contribution is 0.102. The number of hydrogen-bond acceptors (Lipinski definition) is 5. The Morgan fingerprint density at radius 3 is 2.48 bits per heavy atom. The number of benzene rings is 1. The molecule has 2 rings (SSSR count). The summed E-state index contributed by atoms with van der Waals surface area (Å²) in [5.41, 5.74) is 3.74. The third-order valence-corrected chi connectivity index (χ3v) is 3.74. The number of hydrogen-bond donors (Lipinski definition) is 0. The molecule has 0 atom stereocenters. The van der Waals surface area contributed by atoms with Crippen molar-refractivity contribution in [3.8, 4) is 5.88 Å². The second kappa shape index (κ2) is 6.64. The van der Waals surface area contributed by atoms with Crippen LogP contribution in [0.5, 0.6) is 5.88 Å². The molecule has 1 aromatic heterocycles. The van der Waals surface area contributed by atoms with Gasteiger partial charge in [-0.2, -0.15) is 5.10 Å². The lowest BCUT2D eigenvalue weighted by atomic mass is 9.95. The number of rotatable bonds is 4. The summed E-state index contributed by atoms with van der Waals surface area (Å²) in [4.78, 5) is 24.3. The fourth-order valence-corrected chi connectivity index (χ4v) is 2.40.